The Balaban J connectivity index is 2.23. The topological polar surface area (TPSA) is 93.7 Å². The fourth-order valence-electron chi connectivity index (χ4n) is 2.03. The van der Waals surface area contributed by atoms with Crippen LogP contribution in [0.3, 0.4) is 0 Å². The number of halogens is 1. The van der Waals surface area contributed by atoms with E-state index < -0.39 is 23.8 Å². The third kappa shape index (κ3) is 4.77. The van der Waals surface area contributed by atoms with Gasteiger partial charge in [-0.1, -0.05) is 6.07 Å². The lowest BCUT2D eigenvalue weighted by molar-refractivity contribution is 0.0599. The third-order valence-electron chi connectivity index (χ3n) is 3.12. The summed E-state index contributed by atoms with van der Waals surface area (Å²) in [4.78, 5) is 35.4. The van der Waals surface area contributed by atoms with Gasteiger partial charge in [-0.05, 0) is 36.4 Å². The van der Waals surface area contributed by atoms with Gasteiger partial charge in [-0.25, -0.2) is 18.8 Å². The summed E-state index contributed by atoms with van der Waals surface area (Å²) in [6.45, 7) is 0. The van der Waals surface area contributed by atoms with E-state index in [1.165, 1.54) is 50.6 Å². The van der Waals surface area contributed by atoms with Crippen molar-refractivity contribution in [1.82, 2.24) is 0 Å². The minimum atomic E-state index is -0.681. The van der Waals surface area contributed by atoms with E-state index in [-0.39, 0.29) is 22.5 Å². The van der Waals surface area contributed by atoms with Crippen LogP contribution in [-0.2, 0) is 9.47 Å². The SMILES string of the molecule is COC(=O)c1cc(NC(=O)Nc2cccc(F)c2)cc(C(=O)OC)c1. The highest BCUT2D eigenvalue weighted by atomic mass is 19.1. The average molecular weight is 346 g/mol. The maximum atomic E-state index is 13.1. The first-order valence-corrected chi connectivity index (χ1v) is 7.08. The van der Waals surface area contributed by atoms with Crippen LogP contribution in [0.25, 0.3) is 0 Å². The zero-order valence-electron chi connectivity index (χ0n) is 13.5. The van der Waals surface area contributed by atoms with Crippen LogP contribution in [0.1, 0.15) is 20.7 Å². The monoisotopic (exact) mass is 346 g/mol. The summed E-state index contributed by atoms with van der Waals surface area (Å²) in [6, 6.07) is 8.62. The van der Waals surface area contributed by atoms with E-state index in [1.54, 1.807) is 0 Å². The molecule has 0 heterocycles. The minimum Gasteiger partial charge on any atom is -0.465 e. The number of carbonyl (C=O) groups excluding carboxylic acids is 3. The molecule has 0 saturated heterocycles. The first-order valence-electron chi connectivity index (χ1n) is 7.08. The molecule has 2 N–H and O–H groups in total. The summed E-state index contributed by atoms with van der Waals surface area (Å²) >= 11 is 0. The number of nitrogens with one attached hydrogen (secondary N) is 2. The first-order chi connectivity index (χ1) is 11.9. The van der Waals surface area contributed by atoms with E-state index in [4.69, 9.17) is 0 Å². The van der Waals surface area contributed by atoms with Crippen molar-refractivity contribution >= 4 is 29.3 Å². The zero-order valence-corrected chi connectivity index (χ0v) is 13.5. The van der Waals surface area contributed by atoms with Gasteiger partial charge in [0.05, 0.1) is 25.3 Å². The molecule has 0 radical (unpaired) electrons. The summed E-state index contributed by atoms with van der Waals surface area (Å²) in [5.41, 5.74) is 0.532. The van der Waals surface area contributed by atoms with Gasteiger partial charge in [0, 0.05) is 11.4 Å². The van der Waals surface area contributed by atoms with Gasteiger partial charge in [-0.2, -0.15) is 0 Å². The molecule has 8 heteroatoms. The van der Waals surface area contributed by atoms with Gasteiger partial charge >= 0.3 is 18.0 Å². The fourth-order valence-corrected chi connectivity index (χ4v) is 2.03. The van der Waals surface area contributed by atoms with E-state index in [0.29, 0.717) is 0 Å². The molecular formula is C17H15FN2O5. The predicted molar refractivity (Wildman–Crippen MR) is 88.2 cm³/mol. The van der Waals surface area contributed by atoms with Gasteiger partial charge in [0.25, 0.3) is 0 Å². The highest BCUT2D eigenvalue weighted by Gasteiger charge is 2.15. The molecule has 0 aliphatic heterocycles. The fraction of sp³-hybridized carbons (Fsp3) is 0.118. The van der Waals surface area contributed by atoms with Gasteiger partial charge in [-0.3, -0.25) is 0 Å². The first kappa shape index (κ1) is 17.9. The van der Waals surface area contributed by atoms with E-state index in [1.807, 2.05) is 0 Å². The maximum absolute atomic E-state index is 13.1. The average Bonchev–Trinajstić information content (AvgIpc) is 2.59. The normalized spacial score (nSPS) is 9.88. The van der Waals surface area contributed by atoms with Gasteiger partial charge in [-0.15, -0.1) is 0 Å². The van der Waals surface area contributed by atoms with Crippen LogP contribution < -0.4 is 10.6 Å². The van der Waals surface area contributed by atoms with Crippen LogP contribution >= 0.6 is 0 Å². The third-order valence-corrected chi connectivity index (χ3v) is 3.12. The van der Waals surface area contributed by atoms with E-state index >= 15 is 0 Å². The maximum Gasteiger partial charge on any atom is 0.337 e. The Morgan fingerprint density at radius 1 is 0.840 bits per heavy atom. The van der Waals surface area contributed by atoms with E-state index in [9.17, 15) is 18.8 Å². The Hall–Kier alpha value is -3.42. The Morgan fingerprint density at radius 2 is 1.40 bits per heavy atom. The van der Waals surface area contributed by atoms with Crippen molar-refractivity contribution < 1.29 is 28.2 Å². The molecule has 130 valence electrons. The summed E-state index contributed by atoms with van der Waals surface area (Å²) < 4.78 is 22.4. The second-order valence-electron chi connectivity index (χ2n) is 4.87. The molecule has 0 aliphatic carbocycles. The Morgan fingerprint density at radius 3 is 1.92 bits per heavy atom. The number of hydrogen-bond acceptors (Lipinski definition) is 5. The van der Waals surface area contributed by atoms with E-state index in [0.717, 1.165) is 6.07 Å². The van der Waals surface area contributed by atoms with Crippen LogP contribution in [0, 0.1) is 5.82 Å². The van der Waals surface area contributed by atoms with Crippen LogP contribution in [0.15, 0.2) is 42.5 Å². The zero-order chi connectivity index (χ0) is 18.4. The Bertz CT molecular complexity index is 788. The molecule has 2 rings (SSSR count). The number of amides is 2. The number of esters is 2. The molecule has 25 heavy (non-hydrogen) atoms. The van der Waals surface area contributed by atoms with Crippen LogP contribution in [0.4, 0.5) is 20.6 Å². The lowest BCUT2D eigenvalue weighted by Gasteiger charge is -2.10. The lowest BCUT2D eigenvalue weighted by atomic mass is 10.1. The van der Waals surface area contributed by atoms with Crippen molar-refractivity contribution in [3.05, 3.63) is 59.4 Å². The van der Waals surface area contributed by atoms with Gasteiger partial charge < -0.3 is 20.1 Å². The highest BCUT2D eigenvalue weighted by molar-refractivity contribution is 6.02. The molecule has 0 bridgehead atoms. The molecule has 0 spiro atoms. The summed E-state index contributed by atoms with van der Waals surface area (Å²) in [7, 11) is 2.38. The molecular weight excluding hydrogens is 331 g/mol. The summed E-state index contributed by atoms with van der Waals surface area (Å²) in [5.74, 6) is -1.86. The summed E-state index contributed by atoms with van der Waals surface area (Å²) in [5, 5.41) is 4.89. The second-order valence-corrected chi connectivity index (χ2v) is 4.87. The number of urea groups is 1. The smallest absolute Gasteiger partial charge is 0.337 e. The molecule has 2 aromatic rings. The van der Waals surface area contributed by atoms with Crippen molar-refractivity contribution in [3.63, 3.8) is 0 Å². The highest BCUT2D eigenvalue weighted by Crippen LogP contribution is 2.18. The van der Waals surface area contributed by atoms with Crippen LogP contribution in [0.2, 0.25) is 0 Å². The largest absolute Gasteiger partial charge is 0.465 e. The lowest BCUT2D eigenvalue weighted by Crippen LogP contribution is -2.20. The minimum absolute atomic E-state index is 0.0615. The number of ether oxygens (including phenoxy) is 2. The Labute approximate surface area is 142 Å². The van der Waals surface area contributed by atoms with Crippen molar-refractivity contribution in [2.75, 3.05) is 24.9 Å². The van der Waals surface area contributed by atoms with Crippen molar-refractivity contribution in [3.8, 4) is 0 Å². The van der Waals surface area contributed by atoms with E-state index in [2.05, 4.69) is 20.1 Å². The molecule has 0 fully saturated rings. The van der Waals surface area contributed by atoms with Crippen molar-refractivity contribution in [1.29, 1.82) is 0 Å². The molecule has 7 nitrogen and oxygen atoms in total. The van der Waals surface area contributed by atoms with Crippen molar-refractivity contribution in [2.45, 2.75) is 0 Å². The predicted octanol–water partition coefficient (Wildman–Crippen LogP) is 3.04. The number of hydrogen-bond donors (Lipinski definition) is 2. The van der Waals surface area contributed by atoms with Gasteiger partial charge in [0.1, 0.15) is 5.82 Å². The summed E-state index contributed by atoms with van der Waals surface area (Å²) in [6.07, 6.45) is 0. The molecule has 2 amide bonds. The quantitative estimate of drug-likeness (QED) is 0.830. The van der Waals surface area contributed by atoms with Crippen LogP contribution in [-0.4, -0.2) is 32.2 Å². The number of benzene rings is 2. The van der Waals surface area contributed by atoms with Crippen LogP contribution in [0.5, 0.6) is 0 Å². The van der Waals surface area contributed by atoms with Gasteiger partial charge in [0.15, 0.2) is 0 Å². The standard InChI is InChI=1S/C17H15FN2O5/c1-24-15(21)10-6-11(16(22)25-2)8-14(7-10)20-17(23)19-13-5-3-4-12(18)9-13/h3-9H,1-2H3,(H2,19,20,23). The number of rotatable bonds is 4. The molecule has 0 aliphatic rings. The Kier molecular flexibility index (Phi) is 5.67. The number of methoxy groups -OCH3 is 2. The van der Waals surface area contributed by atoms with Crippen molar-refractivity contribution in [2.24, 2.45) is 0 Å². The number of anilines is 2. The molecule has 0 saturated carbocycles. The number of carbonyl (C=O) groups is 3. The molecule has 0 atom stereocenters. The molecule has 0 unspecified atom stereocenters. The van der Waals surface area contributed by atoms with Gasteiger partial charge in [0.2, 0.25) is 0 Å². The second kappa shape index (κ2) is 7.91. The molecule has 0 aromatic heterocycles. The molecule has 2 aromatic carbocycles.